The van der Waals surface area contributed by atoms with Crippen molar-refractivity contribution in [2.45, 2.75) is 380 Å². The minimum Gasteiger partial charge on any atom is -0.462 e. The van der Waals surface area contributed by atoms with Gasteiger partial charge in [0, 0.05) is 25.7 Å². The molecule has 17 nitrogen and oxygen atoms in total. The number of esters is 4. The minimum absolute atomic E-state index is 0.0849. The zero-order chi connectivity index (χ0) is 70.4. The van der Waals surface area contributed by atoms with E-state index < -0.39 is 97.5 Å². The summed E-state index contributed by atoms with van der Waals surface area (Å²) in [5.74, 6) is -2.17. The number of ether oxygens (including phenoxy) is 4. The molecule has 0 saturated heterocycles. The lowest BCUT2D eigenvalue weighted by Gasteiger charge is -2.21. The molecule has 2 unspecified atom stereocenters. The van der Waals surface area contributed by atoms with Crippen LogP contribution >= 0.6 is 15.6 Å². The van der Waals surface area contributed by atoms with Crippen molar-refractivity contribution >= 4 is 39.5 Å². The van der Waals surface area contributed by atoms with Crippen molar-refractivity contribution in [3.63, 3.8) is 0 Å². The van der Waals surface area contributed by atoms with Gasteiger partial charge in [-0.3, -0.25) is 37.3 Å². The predicted octanol–water partition coefficient (Wildman–Crippen LogP) is 22.1. The maximum atomic E-state index is 13.1. The van der Waals surface area contributed by atoms with Gasteiger partial charge in [-0.2, -0.15) is 0 Å². The summed E-state index contributed by atoms with van der Waals surface area (Å²) in [4.78, 5) is 72.8. The quantitative estimate of drug-likeness (QED) is 0.0169. The molecule has 0 saturated carbocycles. The summed E-state index contributed by atoms with van der Waals surface area (Å²) in [5.41, 5.74) is 0. The van der Waals surface area contributed by atoms with Crippen molar-refractivity contribution in [1.29, 1.82) is 0 Å². The van der Waals surface area contributed by atoms with Crippen LogP contribution in [0.3, 0.4) is 0 Å². The van der Waals surface area contributed by atoms with Crippen LogP contribution in [-0.4, -0.2) is 96.7 Å². The second-order valence-corrected chi connectivity index (χ2v) is 29.2. The first kappa shape index (κ1) is 93.0. The zero-order valence-corrected chi connectivity index (χ0v) is 63.1. The van der Waals surface area contributed by atoms with Gasteiger partial charge in [0.15, 0.2) is 12.2 Å². The van der Waals surface area contributed by atoms with Crippen LogP contribution in [0.5, 0.6) is 0 Å². The monoisotopic (exact) mass is 1400 g/mol. The van der Waals surface area contributed by atoms with Gasteiger partial charge in [0.05, 0.1) is 26.4 Å². The fourth-order valence-electron chi connectivity index (χ4n) is 10.8. The molecule has 4 atom stereocenters. The number of hydrogen-bond donors (Lipinski definition) is 3. The number of phosphoric acid groups is 2. The van der Waals surface area contributed by atoms with E-state index in [1.165, 1.54) is 154 Å². The SMILES string of the molecule is CCCCC/C=C\C/C=C\CCCCCCCC(=O)O[C@H](COC(=O)CCCCCCCCCCCCCCC)COP(=O)(O)OCC(O)COP(=O)(O)OC[C@@H](COC(=O)CCCCCCCCCCCCCCC)OC(=O)CCCCCCC/C=C\C/C=C\CCCCC. The summed E-state index contributed by atoms with van der Waals surface area (Å²) in [5, 5.41) is 10.6. The number of hydrogen-bond acceptors (Lipinski definition) is 15. The van der Waals surface area contributed by atoms with Crippen molar-refractivity contribution in [1.82, 2.24) is 0 Å². The maximum Gasteiger partial charge on any atom is 0.472 e. The number of aliphatic hydroxyl groups is 1. The highest BCUT2D eigenvalue weighted by Crippen LogP contribution is 2.45. The molecule has 0 fully saturated rings. The van der Waals surface area contributed by atoms with Crippen molar-refractivity contribution in [2.24, 2.45) is 0 Å². The molecule has 0 aromatic heterocycles. The number of carbonyl (C=O) groups excluding carboxylic acids is 4. The van der Waals surface area contributed by atoms with Crippen LogP contribution in [-0.2, 0) is 65.4 Å². The summed E-state index contributed by atoms with van der Waals surface area (Å²) in [6.07, 6.45) is 66.6. The van der Waals surface area contributed by atoms with E-state index in [9.17, 15) is 43.2 Å². The Labute approximate surface area is 585 Å². The van der Waals surface area contributed by atoms with Crippen LogP contribution in [0.15, 0.2) is 48.6 Å². The van der Waals surface area contributed by atoms with E-state index in [1.807, 2.05) is 0 Å². The number of rotatable bonds is 74. The second-order valence-electron chi connectivity index (χ2n) is 26.3. The Hall–Kier alpha value is -2.98. The van der Waals surface area contributed by atoms with Crippen LogP contribution in [0, 0.1) is 0 Å². The maximum absolute atomic E-state index is 13.1. The Balaban J connectivity index is 5.33. The van der Waals surface area contributed by atoms with Gasteiger partial charge in [0.25, 0.3) is 0 Å². The van der Waals surface area contributed by atoms with Gasteiger partial charge in [0.2, 0.25) is 0 Å². The largest absolute Gasteiger partial charge is 0.472 e. The van der Waals surface area contributed by atoms with Gasteiger partial charge in [-0.15, -0.1) is 0 Å². The van der Waals surface area contributed by atoms with Crippen LogP contribution in [0.4, 0.5) is 0 Å². The standard InChI is InChI=1S/C77H142O17P2/c1-5-9-13-17-21-25-29-33-35-39-43-47-51-55-59-63-76(81)93-72(67-87-74(79)61-57-53-49-45-41-37-31-27-23-19-15-11-7-3)69-91-95(83,84)89-65-71(78)66-90-96(85,86)92-70-73(68-88-75(80)62-58-54-50-46-42-38-32-28-24-20-16-12-8-4)94-77(82)64-60-56-52-48-44-40-36-34-30-26-22-18-14-10-6-2/h21-22,25-26,33-36,71-73,78H,5-20,23-24,27-32,37-70H2,1-4H3,(H,83,84)(H,85,86)/b25-21-,26-22-,35-33-,36-34-/t72-,73-/m1/s1. The molecule has 0 aromatic rings. The van der Waals surface area contributed by atoms with Crippen molar-refractivity contribution < 1.29 is 80.2 Å². The molecule has 562 valence electrons. The van der Waals surface area contributed by atoms with E-state index in [4.69, 9.17) is 37.0 Å². The molecular formula is C77H142O17P2. The molecule has 3 N–H and O–H groups in total. The van der Waals surface area contributed by atoms with Gasteiger partial charge >= 0.3 is 39.5 Å². The van der Waals surface area contributed by atoms with Crippen molar-refractivity contribution in [3.8, 4) is 0 Å². The minimum atomic E-state index is -4.97. The molecular weight excluding hydrogens is 1260 g/mol. The van der Waals surface area contributed by atoms with Gasteiger partial charge in [-0.25, -0.2) is 9.13 Å². The normalized spacial score (nSPS) is 14.2. The first-order valence-electron chi connectivity index (χ1n) is 38.9. The fraction of sp³-hybridized carbons (Fsp3) is 0.844. The van der Waals surface area contributed by atoms with E-state index >= 15 is 0 Å². The molecule has 0 aliphatic rings. The van der Waals surface area contributed by atoms with Gasteiger partial charge in [-0.05, 0) is 89.9 Å². The van der Waals surface area contributed by atoms with Crippen LogP contribution in [0.2, 0.25) is 0 Å². The van der Waals surface area contributed by atoms with Crippen LogP contribution in [0.1, 0.15) is 362 Å². The van der Waals surface area contributed by atoms with Gasteiger partial charge < -0.3 is 33.8 Å². The molecule has 0 heterocycles. The number of phosphoric ester groups is 2. The molecule has 0 rings (SSSR count). The second kappa shape index (κ2) is 70.5. The van der Waals surface area contributed by atoms with Gasteiger partial charge in [-0.1, -0.05) is 295 Å². The number of aliphatic hydroxyl groups excluding tert-OH is 1. The Morgan fingerprint density at radius 1 is 0.292 bits per heavy atom. The highest BCUT2D eigenvalue weighted by atomic mass is 31.2. The Bertz CT molecular complexity index is 1880. The lowest BCUT2D eigenvalue weighted by molar-refractivity contribution is -0.161. The summed E-state index contributed by atoms with van der Waals surface area (Å²) in [7, 11) is -9.94. The molecule has 0 spiro atoms. The molecule has 0 aliphatic heterocycles. The first-order valence-corrected chi connectivity index (χ1v) is 41.9. The number of unbranched alkanes of at least 4 members (excludes halogenated alkanes) is 40. The van der Waals surface area contributed by atoms with Crippen LogP contribution < -0.4 is 0 Å². The average Bonchev–Trinajstić information content (AvgIpc) is 1.19. The fourth-order valence-corrected chi connectivity index (χ4v) is 12.4. The zero-order valence-electron chi connectivity index (χ0n) is 61.3. The van der Waals surface area contributed by atoms with E-state index in [2.05, 4.69) is 76.3 Å². The summed E-state index contributed by atoms with van der Waals surface area (Å²) in [6, 6.07) is 0. The van der Waals surface area contributed by atoms with E-state index in [-0.39, 0.29) is 25.7 Å². The third-order valence-electron chi connectivity index (χ3n) is 16.8. The van der Waals surface area contributed by atoms with E-state index in [0.29, 0.717) is 25.7 Å². The summed E-state index contributed by atoms with van der Waals surface area (Å²) in [6.45, 7) is 4.86. The highest BCUT2D eigenvalue weighted by Gasteiger charge is 2.30. The Morgan fingerprint density at radius 2 is 0.510 bits per heavy atom. The molecule has 0 radical (unpaired) electrons. The predicted molar refractivity (Wildman–Crippen MR) is 390 cm³/mol. The molecule has 0 amide bonds. The third kappa shape index (κ3) is 69.5. The first-order chi connectivity index (χ1) is 46.7. The smallest absolute Gasteiger partial charge is 0.462 e. The lowest BCUT2D eigenvalue weighted by Crippen LogP contribution is -2.30. The molecule has 0 aromatic carbocycles. The van der Waals surface area contributed by atoms with E-state index in [1.54, 1.807) is 0 Å². The molecule has 0 bridgehead atoms. The summed E-state index contributed by atoms with van der Waals surface area (Å²) >= 11 is 0. The number of allylic oxidation sites excluding steroid dienone is 8. The Morgan fingerprint density at radius 3 is 0.792 bits per heavy atom. The molecule has 19 heteroatoms. The highest BCUT2D eigenvalue weighted by molar-refractivity contribution is 7.47. The molecule has 96 heavy (non-hydrogen) atoms. The lowest BCUT2D eigenvalue weighted by atomic mass is 10.0. The summed E-state index contributed by atoms with van der Waals surface area (Å²) < 4.78 is 68.5. The average molecular weight is 1400 g/mol. The van der Waals surface area contributed by atoms with Crippen molar-refractivity contribution in [2.75, 3.05) is 39.6 Å². The number of carbonyl (C=O) groups is 4. The third-order valence-corrected chi connectivity index (χ3v) is 18.7. The van der Waals surface area contributed by atoms with Crippen LogP contribution in [0.25, 0.3) is 0 Å². The Kier molecular flexibility index (Phi) is 68.3. The molecule has 0 aliphatic carbocycles. The topological polar surface area (TPSA) is 237 Å². The van der Waals surface area contributed by atoms with Gasteiger partial charge in [0.1, 0.15) is 19.3 Å². The van der Waals surface area contributed by atoms with E-state index in [0.717, 1.165) is 128 Å². The van der Waals surface area contributed by atoms with Crippen molar-refractivity contribution in [3.05, 3.63) is 48.6 Å².